The molecule has 1 aromatic heterocycles. The van der Waals surface area contributed by atoms with Crippen LogP contribution in [0.5, 0.6) is 0 Å². The highest BCUT2D eigenvalue weighted by atomic mass is 35.5. The van der Waals surface area contributed by atoms with E-state index in [0.29, 0.717) is 10.6 Å². The van der Waals surface area contributed by atoms with Gasteiger partial charge in [-0.05, 0) is 12.1 Å². The third-order valence-corrected chi connectivity index (χ3v) is 6.12. The number of carbonyl (C=O) groups excluding carboxylic acids is 1. The summed E-state index contributed by atoms with van der Waals surface area (Å²) in [4.78, 5) is 17.7. The minimum absolute atomic E-state index is 0.0299. The van der Waals surface area contributed by atoms with E-state index in [0.717, 1.165) is 0 Å². The Labute approximate surface area is 133 Å². The molecule has 0 unspecified atom stereocenters. The zero-order valence-corrected chi connectivity index (χ0v) is 13.4. The molecule has 0 radical (unpaired) electrons. The van der Waals surface area contributed by atoms with Gasteiger partial charge in [0.25, 0.3) is 5.91 Å². The molecule has 0 bridgehead atoms. The van der Waals surface area contributed by atoms with Crippen molar-refractivity contribution < 1.29 is 13.2 Å². The Balaban J connectivity index is 1.74. The molecule has 1 fully saturated rings. The van der Waals surface area contributed by atoms with Crippen molar-refractivity contribution in [2.75, 3.05) is 13.1 Å². The van der Waals surface area contributed by atoms with Gasteiger partial charge in [-0.2, -0.15) is 0 Å². The van der Waals surface area contributed by atoms with Gasteiger partial charge in [-0.25, -0.2) is 13.4 Å². The van der Waals surface area contributed by atoms with Crippen molar-refractivity contribution in [3.05, 3.63) is 47.2 Å². The van der Waals surface area contributed by atoms with Gasteiger partial charge in [0.2, 0.25) is 15.0 Å². The Kier molecular flexibility index (Phi) is 3.70. The van der Waals surface area contributed by atoms with Crippen molar-refractivity contribution in [3.63, 3.8) is 0 Å². The molecule has 1 aromatic carbocycles. The topological polar surface area (TPSA) is 72.3 Å². The van der Waals surface area contributed by atoms with Crippen molar-refractivity contribution in [3.8, 4) is 0 Å². The summed E-state index contributed by atoms with van der Waals surface area (Å²) in [5, 5.41) is -0.231. The Morgan fingerprint density at radius 2 is 2.00 bits per heavy atom. The summed E-state index contributed by atoms with van der Waals surface area (Å²) in [7, 11) is -1.89. The molecular formula is C14H14ClN3O3S. The van der Waals surface area contributed by atoms with Gasteiger partial charge in [0.05, 0.1) is 10.6 Å². The van der Waals surface area contributed by atoms with Crippen LogP contribution in [0.1, 0.15) is 10.4 Å². The molecule has 1 saturated heterocycles. The molecule has 22 heavy (non-hydrogen) atoms. The fraction of sp³-hybridized carbons (Fsp3) is 0.286. The molecule has 0 saturated carbocycles. The van der Waals surface area contributed by atoms with Crippen LogP contribution in [0.25, 0.3) is 0 Å². The Hall–Kier alpha value is -1.86. The molecule has 0 N–H and O–H groups in total. The molecule has 0 spiro atoms. The molecule has 0 atom stereocenters. The Morgan fingerprint density at radius 1 is 1.32 bits per heavy atom. The summed E-state index contributed by atoms with van der Waals surface area (Å²) < 4.78 is 26.3. The zero-order valence-electron chi connectivity index (χ0n) is 11.8. The highest BCUT2D eigenvalue weighted by molar-refractivity contribution is 7.92. The van der Waals surface area contributed by atoms with Crippen LogP contribution in [-0.4, -0.2) is 47.1 Å². The minimum Gasteiger partial charge on any atom is -0.336 e. The van der Waals surface area contributed by atoms with Crippen molar-refractivity contribution >= 4 is 27.3 Å². The SMILES string of the molecule is Cn1ccnc1S(=O)(=O)C1CN(C(=O)c2ccccc2Cl)C1. The molecule has 6 nitrogen and oxygen atoms in total. The monoisotopic (exact) mass is 339 g/mol. The van der Waals surface area contributed by atoms with Crippen LogP contribution < -0.4 is 0 Å². The van der Waals surface area contributed by atoms with E-state index in [4.69, 9.17) is 11.6 Å². The number of likely N-dealkylation sites (tertiary alicyclic amines) is 1. The molecule has 8 heteroatoms. The van der Waals surface area contributed by atoms with Crippen LogP contribution in [0.2, 0.25) is 5.02 Å². The van der Waals surface area contributed by atoms with Crippen molar-refractivity contribution in [2.45, 2.75) is 10.4 Å². The zero-order chi connectivity index (χ0) is 15.9. The third-order valence-electron chi connectivity index (χ3n) is 3.71. The van der Waals surface area contributed by atoms with Gasteiger partial charge in [0.15, 0.2) is 0 Å². The lowest BCUT2D eigenvalue weighted by atomic mass is 10.1. The van der Waals surface area contributed by atoms with Gasteiger partial charge in [-0.1, -0.05) is 23.7 Å². The normalized spacial score (nSPS) is 15.6. The van der Waals surface area contributed by atoms with Gasteiger partial charge in [0.1, 0.15) is 5.25 Å². The number of rotatable bonds is 3. The highest BCUT2D eigenvalue weighted by Crippen LogP contribution is 2.25. The van der Waals surface area contributed by atoms with Crippen molar-refractivity contribution in [2.24, 2.45) is 7.05 Å². The van der Waals surface area contributed by atoms with Gasteiger partial charge < -0.3 is 9.47 Å². The smallest absolute Gasteiger partial charge is 0.255 e. The molecular weight excluding hydrogens is 326 g/mol. The van der Waals surface area contributed by atoms with E-state index in [1.807, 2.05) is 0 Å². The van der Waals surface area contributed by atoms with Crippen LogP contribution in [-0.2, 0) is 16.9 Å². The third kappa shape index (κ3) is 2.40. The number of benzene rings is 1. The van der Waals surface area contributed by atoms with E-state index in [1.54, 1.807) is 37.5 Å². The first-order chi connectivity index (χ1) is 10.4. The van der Waals surface area contributed by atoms with E-state index in [-0.39, 0.29) is 24.2 Å². The molecule has 2 heterocycles. The lowest BCUT2D eigenvalue weighted by Crippen LogP contribution is -2.57. The summed E-state index contributed by atoms with van der Waals surface area (Å²) in [6.07, 6.45) is 3.02. The molecule has 0 aliphatic carbocycles. The first kappa shape index (κ1) is 15.1. The van der Waals surface area contributed by atoms with E-state index < -0.39 is 15.1 Å². The summed E-state index contributed by atoms with van der Waals surface area (Å²) in [5.41, 5.74) is 0.386. The fourth-order valence-electron chi connectivity index (χ4n) is 2.38. The largest absolute Gasteiger partial charge is 0.336 e. The summed E-state index contributed by atoms with van der Waals surface area (Å²) in [6.45, 7) is 0.304. The molecule has 1 amide bonds. The predicted molar refractivity (Wildman–Crippen MR) is 81.5 cm³/mol. The molecule has 1 aliphatic rings. The Bertz CT molecular complexity index is 825. The van der Waals surface area contributed by atoms with Crippen LogP contribution in [0.3, 0.4) is 0 Å². The second-order valence-corrected chi connectivity index (χ2v) is 7.71. The van der Waals surface area contributed by atoms with E-state index >= 15 is 0 Å². The number of amides is 1. The lowest BCUT2D eigenvalue weighted by molar-refractivity contribution is 0.0658. The number of aryl methyl sites for hydroxylation is 1. The van der Waals surface area contributed by atoms with Crippen molar-refractivity contribution in [1.29, 1.82) is 0 Å². The number of sulfone groups is 1. The maximum atomic E-state index is 12.4. The van der Waals surface area contributed by atoms with Gasteiger partial charge in [-0.15, -0.1) is 0 Å². The second-order valence-electron chi connectivity index (χ2n) is 5.18. The maximum Gasteiger partial charge on any atom is 0.255 e. The molecule has 116 valence electrons. The van der Waals surface area contributed by atoms with Crippen LogP contribution >= 0.6 is 11.6 Å². The number of hydrogen-bond acceptors (Lipinski definition) is 4. The lowest BCUT2D eigenvalue weighted by Gasteiger charge is -2.38. The highest BCUT2D eigenvalue weighted by Gasteiger charge is 2.42. The maximum absolute atomic E-state index is 12.4. The van der Waals surface area contributed by atoms with E-state index in [1.165, 1.54) is 15.7 Å². The van der Waals surface area contributed by atoms with Crippen LogP contribution in [0, 0.1) is 0 Å². The summed E-state index contributed by atoms with van der Waals surface area (Å²) in [6, 6.07) is 6.73. The Morgan fingerprint density at radius 3 is 2.59 bits per heavy atom. The van der Waals surface area contributed by atoms with E-state index in [2.05, 4.69) is 4.98 Å². The average Bonchev–Trinajstić information content (AvgIpc) is 2.84. The number of aromatic nitrogens is 2. The summed E-state index contributed by atoms with van der Waals surface area (Å²) >= 11 is 5.99. The first-order valence-corrected chi connectivity index (χ1v) is 8.58. The number of imidazole rings is 1. The van der Waals surface area contributed by atoms with Crippen molar-refractivity contribution in [1.82, 2.24) is 14.5 Å². The second kappa shape index (κ2) is 5.40. The van der Waals surface area contributed by atoms with E-state index in [9.17, 15) is 13.2 Å². The summed E-state index contributed by atoms with van der Waals surface area (Å²) in [5.74, 6) is -0.253. The van der Waals surface area contributed by atoms with Gasteiger partial charge >= 0.3 is 0 Å². The number of hydrogen-bond donors (Lipinski definition) is 0. The minimum atomic E-state index is -3.52. The molecule has 2 aromatic rings. The quantitative estimate of drug-likeness (QED) is 0.846. The standard InChI is InChI=1S/C14H14ClN3O3S/c1-17-7-6-16-14(17)22(20,21)10-8-18(9-10)13(19)11-4-2-3-5-12(11)15/h2-7,10H,8-9H2,1H3. The molecule has 3 rings (SSSR count). The fourth-order valence-corrected chi connectivity index (χ4v) is 4.32. The first-order valence-electron chi connectivity index (χ1n) is 6.66. The average molecular weight is 340 g/mol. The molecule has 1 aliphatic heterocycles. The van der Waals surface area contributed by atoms with Crippen LogP contribution in [0.15, 0.2) is 41.8 Å². The number of halogens is 1. The van der Waals surface area contributed by atoms with Gasteiger partial charge in [-0.3, -0.25) is 4.79 Å². The van der Waals surface area contributed by atoms with Crippen LogP contribution in [0.4, 0.5) is 0 Å². The predicted octanol–water partition coefficient (Wildman–Crippen LogP) is 1.37. The number of nitrogens with zero attached hydrogens (tertiary/aromatic N) is 3. The number of carbonyl (C=O) groups is 1. The van der Waals surface area contributed by atoms with Gasteiger partial charge in [0, 0.05) is 32.5 Å².